The standard InChI is InChI=1S/C22H28N4O7S/c1-5-18(22(28)23-2)24(14-16-9-7-6-8-10-16)21(27)15-25(34(4,31)32)19-13-17(26(29)30)11-12-20(19)33-3/h6-13,18H,5,14-15H2,1-4H3,(H,23,28)/t18-/m1/s1. The fraction of sp³-hybridized carbons (Fsp3) is 0.364. The third kappa shape index (κ3) is 6.44. The average Bonchev–Trinajstić information content (AvgIpc) is 2.81. The Bertz CT molecular complexity index is 1140. The first-order valence-electron chi connectivity index (χ1n) is 10.4. The second kappa shape index (κ2) is 11.5. The van der Waals surface area contributed by atoms with Gasteiger partial charge in [-0.1, -0.05) is 37.3 Å². The van der Waals surface area contributed by atoms with E-state index in [4.69, 9.17) is 4.74 Å². The van der Waals surface area contributed by atoms with E-state index in [0.717, 1.165) is 22.2 Å². The van der Waals surface area contributed by atoms with Crippen LogP contribution in [0.5, 0.6) is 5.75 Å². The fourth-order valence-corrected chi connectivity index (χ4v) is 4.29. The van der Waals surface area contributed by atoms with E-state index in [9.17, 15) is 28.1 Å². The Kier molecular flexibility index (Phi) is 8.96. The fourth-order valence-electron chi connectivity index (χ4n) is 3.45. The van der Waals surface area contributed by atoms with Gasteiger partial charge in [0.1, 0.15) is 24.0 Å². The highest BCUT2D eigenvalue weighted by Crippen LogP contribution is 2.34. The van der Waals surface area contributed by atoms with Crippen LogP contribution in [0.4, 0.5) is 11.4 Å². The van der Waals surface area contributed by atoms with Gasteiger partial charge in [-0.05, 0) is 18.1 Å². The van der Waals surface area contributed by atoms with E-state index in [1.807, 2.05) is 6.07 Å². The van der Waals surface area contributed by atoms with Gasteiger partial charge in [-0.3, -0.25) is 24.0 Å². The number of anilines is 1. The highest BCUT2D eigenvalue weighted by atomic mass is 32.2. The van der Waals surface area contributed by atoms with Gasteiger partial charge in [-0.25, -0.2) is 8.42 Å². The molecule has 0 fully saturated rings. The third-order valence-corrected chi connectivity index (χ3v) is 6.28. The Hall–Kier alpha value is -3.67. The summed E-state index contributed by atoms with van der Waals surface area (Å²) in [7, 11) is -1.33. The van der Waals surface area contributed by atoms with Crippen LogP contribution in [-0.2, 0) is 26.2 Å². The van der Waals surface area contributed by atoms with Crippen molar-refractivity contribution >= 4 is 33.2 Å². The molecule has 184 valence electrons. The maximum atomic E-state index is 13.5. The number of nitro groups is 1. The molecule has 12 heteroatoms. The molecule has 0 aromatic heterocycles. The summed E-state index contributed by atoms with van der Waals surface area (Å²) in [5.41, 5.74) is 0.229. The van der Waals surface area contributed by atoms with Gasteiger partial charge in [0.05, 0.1) is 18.3 Å². The van der Waals surface area contributed by atoms with Crippen molar-refractivity contribution < 1.29 is 27.7 Å². The van der Waals surface area contributed by atoms with Crippen LogP contribution in [0.25, 0.3) is 0 Å². The first kappa shape index (κ1) is 26.6. The quantitative estimate of drug-likeness (QED) is 0.373. The molecule has 0 saturated carbocycles. The Balaban J connectivity index is 2.53. The molecule has 1 N–H and O–H groups in total. The van der Waals surface area contributed by atoms with Gasteiger partial charge >= 0.3 is 0 Å². The number of nitro benzene ring substituents is 1. The van der Waals surface area contributed by atoms with Crippen LogP contribution in [0.1, 0.15) is 18.9 Å². The van der Waals surface area contributed by atoms with Gasteiger partial charge in [0.2, 0.25) is 21.8 Å². The predicted octanol–water partition coefficient (Wildman–Crippen LogP) is 1.92. The summed E-state index contributed by atoms with van der Waals surface area (Å²) in [5.74, 6) is -1.01. The Morgan fingerprint density at radius 2 is 1.82 bits per heavy atom. The van der Waals surface area contributed by atoms with Crippen molar-refractivity contribution in [2.24, 2.45) is 0 Å². The molecule has 0 aliphatic heterocycles. The zero-order valence-electron chi connectivity index (χ0n) is 19.4. The van der Waals surface area contributed by atoms with E-state index in [0.29, 0.717) is 0 Å². The van der Waals surface area contributed by atoms with Gasteiger partial charge in [-0.15, -0.1) is 0 Å². The van der Waals surface area contributed by atoms with Crippen LogP contribution in [-0.4, -0.2) is 63.1 Å². The summed E-state index contributed by atoms with van der Waals surface area (Å²) >= 11 is 0. The Morgan fingerprint density at radius 3 is 2.32 bits per heavy atom. The van der Waals surface area contributed by atoms with Crippen molar-refractivity contribution in [3.05, 3.63) is 64.2 Å². The number of benzene rings is 2. The lowest BCUT2D eigenvalue weighted by Crippen LogP contribution is -2.51. The lowest BCUT2D eigenvalue weighted by atomic mass is 10.1. The van der Waals surface area contributed by atoms with Gasteiger partial charge in [0, 0.05) is 25.7 Å². The largest absolute Gasteiger partial charge is 0.495 e. The first-order chi connectivity index (χ1) is 16.0. The summed E-state index contributed by atoms with van der Waals surface area (Å²) in [6, 6.07) is 11.6. The number of sulfonamides is 1. The molecule has 34 heavy (non-hydrogen) atoms. The van der Waals surface area contributed by atoms with E-state index in [2.05, 4.69) is 5.32 Å². The van der Waals surface area contributed by atoms with Crippen molar-refractivity contribution in [3.63, 3.8) is 0 Å². The molecule has 2 amide bonds. The number of amides is 2. The van der Waals surface area contributed by atoms with Crippen molar-refractivity contribution in [1.29, 1.82) is 0 Å². The minimum absolute atomic E-state index is 0.0387. The Labute approximate surface area is 198 Å². The number of hydrogen-bond acceptors (Lipinski definition) is 7. The molecule has 0 bridgehead atoms. The first-order valence-corrected chi connectivity index (χ1v) is 12.2. The van der Waals surface area contributed by atoms with Crippen LogP contribution in [0.2, 0.25) is 0 Å². The maximum absolute atomic E-state index is 13.5. The number of rotatable bonds is 11. The van der Waals surface area contributed by atoms with E-state index in [1.165, 1.54) is 31.2 Å². The molecule has 0 spiro atoms. The number of nitrogens with one attached hydrogen (secondary N) is 1. The zero-order chi connectivity index (χ0) is 25.5. The van der Waals surface area contributed by atoms with Crippen LogP contribution < -0.4 is 14.4 Å². The van der Waals surface area contributed by atoms with E-state index < -0.39 is 39.3 Å². The number of methoxy groups -OCH3 is 1. The molecule has 2 rings (SSSR count). The number of carbonyl (C=O) groups excluding carboxylic acids is 2. The molecule has 0 aliphatic rings. The van der Waals surface area contributed by atoms with Crippen LogP contribution >= 0.6 is 0 Å². The lowest BCUT2D eigenvalue weighted by molar-refractivity contribution is -0.384. The van der Waals surface area contributed by atoms with Crippen molar-refractivity contribution in [1.82, 2.24) is 10.2 Å². The smallest absolute Gasteiger partial charge is 0.271 e. The molecule has 0 heterocycles. The Morgan fingerprint density at radius 1 is 1.18 bits per heavy atom. The molecular formula is C22H28N4O7S. The normalized spacial score (nSPS) is 11.9. The van der Waals surface area contributed by atoms with Crippen molar-refractivity contribution in [3.8, 4) is 5.75 Å². The molecule has 0 radical (unpaired) electrons. The van der Waals surface area contributed by atoms with Crippen LogP contribution in [0.15, 0.2) is 48.5 Å². The molecule has 0 aliphatic carbocycles. The van der Waals surface area contributed by atoms with Gasteiger partial charge in [0.25, 0.3) is 5.69 Å². The van der Waals surface area contributed by atoms with Gasteiger partial charge in [-0.2, -0.15) is 0 Å². The van der Waals surface area contributed by atoms with E-state index >= 15 is 0 Å². The number of carbonyl (C=O) groups is 2. The van der Waals surface area contributed by atoms with Crippen LogP contribution in [0.3, 0.4) is 0 Å². The minimum Gasteiger partial charge on any atom is -0.495 e. The van der Waals surface area contributed by atoms with Crippen LogP contribution in [0, 0.1) is 10.1 Å². The third-order valence-electron chi connectivity index (χ3n) is 5.15. The predicted molar refractivity (Wildman–Crippen MR) is 127 cm³/mol. The summed E-state index contributed by atoms with van der Waals surface area (Å²) in [5, 5.41) is 13.8. The highest BCUT2D eigenvalue weighted by Gasteiger charge is 2.32. The summed E-state index contributed by atoms with van der Waals surface area (Å²) < 4.78 is 31.3. The number of nitrogens with zero attached hydrogens (tertiary/aromatic N) is 3. The molecule has 0 saturated heterocycles. The molecule has 2 aromatic carbocycles. The SMILES string of the molecule is CC[C@H](C(=O)NC)N(Cc1ccccc1)C(=O)CN(c1cc([N+](=O)[O-])ccc1OC)S(C)(=O)=O. The summed E-state index contributed by atoms with van der Waals surface area (Å²) in [6.45, 7) is 1.12. The summed E-state index contributed by atoms with van der Waals surface area (Å²) in [6.07, 6.45) is 1.17. The van der Waals surface area contributed by atoms with E-state index in [-0.39, 0.29) is 30.1 Å². The minimum atomic E-state index is -4.07. The average molecular weight is 493 g/mol. The zero-order valence-corrected chi connectivity index (χ0v) is 20.2. The molecule has 0 unspecified atom stereocenters. The molecule has 11 nitrogen and oxygen atoms in total. The van der Waals surface area contributed by atoms with E-state index in [1.54, 1.807) is 31.2 Å². The number of likely N-dealkylation sites (N-methyl/N-ethyl adjacent to an activating group) is 1. The molecular weight excluding hydrogens is 464 g/mol. The second-order valence-electron chi connectivity index (χ2n) is 7.43. The molecule has 2 aromatic rings. The molecule has 1 atom stereocenters. The van der Waals surface area contributed by atoms with Crippen molar-refractivity contribution in [2.45, 2.75) is 25.9 Å². The highest BCUT2D eigenvalue weighted by molar-refractivity contribution is 7.92. The maximum Gasteiger partial charge on any atom is 0.271 e. The summed E-state index contributed by atoms with van der Waals surface area (Å²) in [4.78, 5) is 37.9. The monoisotopic (exact) mass is 492 g/mol. The van der Waals surface area contributed by atoms with Crippen molar-refractivity contribution in [2.75, 3.05) is 31.3 Å². The number of ether oxygens (including phenoxy) is 1. The van der Waals surface area contributed by atoms with Gasteiger partial charge < -0.3 is 15.0 Å². The topological polar surface area (TPSA) is 139 Å². The van der Waals surface area contributed by atoms with Gasteiger partial charge in [0.15, 0.2) is 0 Å². The lowest BCUT2D eigenvalue weighted by Gasteiger charge is -2.32. The number of non-ortho nitro benzene ring substituents is 1. The number of hydrogen-bond donors (Lipinski definition) is 1. The second-order valence-corrected chi connectivity index (χ2v) is 9.34.